The van der Waals surface area contributed by atoms with Crippen molar-refractivity contribution in [2.45, 2.75) is 19.3 Å². The predicted octanol–water partition coefficient (Wildman–Crippen LogP) is 1.01. The van der Waals surface area contributed by atoms with Crippen LogP contribution in [0.3, 0.4) is 0 Å². The number of hydrogen-bond donors (Lipinski definition) is 2. The molecule has 0 atom stereocenters. The van der Waals surface area contributed by atoms with Gasteiger partial charge in [0.15, 0.2) is 5.13 Å². The summed E-state index contributed by atoms with van der Waals surface area (Å²) in [5, 5.41) is 14.2. The predicted molar refractivity (Wildman–Crippen MR) is 70.0 cm³/mol. The summed E-state index contributed by atoms with van der Waals surface area (Å²) in [6, 6.07) is 0. The molecule has 0 aliphatic carbocycles. The third-order valence-electron chi connectivity index (χ3n) is 2.57. The van der Waals surface area contributed by atoms with Crippen LogP contribution >= 0.6 is 11.3 Å². The Morgan fingerprint density at radius 3 is 2.61 bits per heavy atom. The molecule has 0 aliphatic heterocycles. The lowest BCUT2D eigenvalue weighted by molar-refractivity contribution is -0.142. The molecule has 0 radical (unpaired) electrons. The molecule has 1 aromatic heterocycles. The van der Waals surface area contributed by atoms with Crippen molar-refractivity contribution in [2.24, 2.45) is 0 Å². The molecule has 0 spiro atoms. The highest BCUT2D eigenvalue weighted by molar-refractivity contribution is 7.13. The molecule has 0 aliphatic rings. The number of carboxylic acid groups (broad SMARTS) is 1. The summed E-state index contributed by atoms with van der Waals surface area (Å²) in [7, 11) is 3.34. The largest absolute Gasteiger partial charge is 0.481 e. The van der Waals surface area contributed by atoms with E-state index in [1.807, 2.05) is 0 Å². The summed E-state index contributed by atoms with van der Waals surface area (Å²) in [5.41, 5.74) is -0.540. The van der Waals surface area contributed by atoms with Crippen LogP contribution in [0.2, 0.25) is 0 Å². The van der Waals surface area contributed by atoms with Crippen LogP contribution in [0.15, 0.2) is 5.38 Å². The Hall–Kier alpha value is -1.63. The molecule has 6 nitrogen and oxygen atoms in total. The number of anilines is 1. The average molecular weight is 271 g/mol. The van der Waals surface area contributed by atoms with Crippen molar-refractivity contribution in [2.75, 3.05) is 26.0 Å². The van der Waals surface area contributed by atoms with Crippen molar-refractivity contribution in [3.63, 3.8) is 0 Å². The zero-order valence-electron chi connectivity index (χ0n) is 10.9. The molecule has 7 heteroatoms. The van der Waals surface area contributed by atoms with Gasteiger partial charge in [-0.25, -0.2) is 4.98 Å². The fraction of sp³-hybridized carbons (Fsp3) is 0.545. The Balaban J connectivity index is 2.70. The van der Waals surface area contributed by atoms with Gasteiger partial charge in [0.1, 0.15) is 5.41 Å². The number of hydrogen-bond acceptors (Lipinski definition) is 5. The van der Waals surface area contributed by atoms with Crippen molar-refractivity contribution in [3.05, 3.63) is 11.1 Å². The lowest BCUT2D eigenvalue weighted by Crippen LogP contribution is -2.29. The number of carbonyl (C=O) groups excluding carboxylic acids is 1. The maximum Gasteiger partial charge on any atom is 0.315 e. The Labute approximate surface area is 110 Å². The first kappa shape index (κ1) is 14.4. The van der Waals surface area contributed by atoms with Gasteiger partial charge in [-0.05, 0) is 13.8 Å². The summed E-state index contributed by atoms with van der Waals surface area (Å²) in [4.78, 5) is 28.1. The van der Waals surface area contributed by atoms with Gasteiger partial charge in [0.2, 0.25) is 5.91 Å². The first-order valence-electron chi connectivity index (χ1n) is 5.38. The minimum Gasteiger partial charge on any atom is -0.481 e. The van der Waals surface area contributed by atoms with Crippen molar-refractivity contribution < 1.29 is 14.7 Å². The Kier molecular flexibility index (Phi) is 4.28. The van der Waals surface area contributed by atoms with E-state index in [0.717, 1.165) is 0 Å². The van der Waals surface area contributed by atoms with Crippen LogP contribution in [0.1, 0.15) is 19.5 Å². The van der Waals surface area contributed by atoms with Crippen LogP contribution in [0.25, 0.3) is 0 Å². The highest BCUT2D eigenvalue weighted by Crippen LogP contribution is 2.27. The third kappa shape index (κ3) is 3.19. The molecule has 18 heavy (non-hydrogen) atoms. The lowest BCUT2D eigenvalue weighted by atomic mass is 9.90. The molecule has 0 aromatic carbocycles. The fourth-order valence-electron chi connectivity index (χ4n) is 1.06. The number of carbonyl (C=O) groups is 2. The van der Waals surface area contributed by atoms with Crippen LogP contribution in [0.5, 0.6) is 0 Å². The minimum atomic E-state index is -1.03. The number of nitrogens with one attached hydrogen (secondary N) is 1. The molecule has 0 bridgehead atoms. The van der Waals surface area contributed by atoms with E-state index in [-0.39, 0.29) is 12.5 Å². The first-order chi connectivity index (χ1) is 8.25. The van der Waals surface area contributed by atoms with Crippen LogP contribution in [-0.2, 0) is 15.0 Å². The zero-order valence-corrected chi connectivity index (χ0v) is 11.7. The van der Waals surface area contributed by atoms with Crippen molar-refractivity contribution in [3.8, 4) is 0 Å². The molecule has 0 fully saturated rings. The molecular weight excluding hydrogens is 254 g/mol. The van der Waals surface area contributed by atoms with Crippen LogP contribution < -0.4 is 5.32 Å². The summed E-state index contributed by atoms with van der Waals surface area (Å²) < 4.78 is 0. The van der Waals surface area contributed by atoms with E-state index in [1.165, 1.54) is 16.2 Å². The first-order valence-corrected chi connectivity index (χ1v) is 6.26. The lowest BCUT2D eigenvalue weighted by Gasteiger charge is -2.15. The van der Waals surface area contributed by atoms with E-state index in [2.05, 4.69) is 10.3 Å². The second-order valence-corrected chi connectivity index (χ2v) is 5.47. The number of rotatable bonds is 5. The molecule has 2 N–H and O–H groups in total. The number of carboxylic acids is 1. The monoisotopic (exact) mass is 271 g/mol. The number of thiazole rings is 1. The van der Waals surface area contributed by atoms with Gasteiger partial charge < -0.3 is 15.3 Å². The maximum atomic E-state index is 11.4. The summed E-state index contributed by atoms with van der Waals surface area (Å²) in [6.07, 6.45) is 0. The van der Waals surface area contributed by atoms with E-state index >= 15 is 0 Å². The van der Waals surface area contributed by atoms with Crippen LogP contribution in [-0.4, -0.2) is 47.5 Å². The van der Waals surface area contributed by atoms with E-state index in [9.17, 15) is 9.59 Å². The maximum absolute atomic E-state index is 11.4. The number of nitrogens with zero attached hydrogens (tertiary/aromatic N) is 2. The number of amides is 1. The van der Waals surface area contributed by atoms with Gasteiger partial charge in [0.05, 0.1) is 12.2 Å². The molecule has 0 saturated carbocycles. The van der Waals surface area contributed by atoms with Crippen LogP contribution in [0.4, 0.5) is 5.13 Å². The summed E-state index contributed by atoms with van der Waals surface area (Å²) >= 11 is 1.29. The average Bonchev–Trinajstić information content (AvgIpc) is 2.74. The third-order valence-corrected chi connectivity index (χ3v) is 3.37. The van der Waals surface area contributed by atoms with Gasteiger partial charge >= 0.3 is 5.97 Å². The van der Waals surface area contributed by atoms with Gasteiger partial charge in [-0.2, -0.15) is 0 Å². The highest BCUT2D eigenvalue weighted by Gasteiger charge is 2.32. The standard InChI is InChI=1S/C11H17N3O3S/c1-11(2,9(16)17)7-6-18-10(13-7)12-5-8(15)14(3)4/h6H,5H2,1-4H3,(H,12,13)(H,16,17). The molecule has 1 heterocycles. The van der Waals surface area contributed by atoms with Gasteiger partial charge in [-0.1, -0.05) is 0 Å². The Morgan fingerprint density at radius 2 is 2.11 bits per heavy atom. The highest BCUT2D eigenvalue weighted by atomic mass is 32.1. The summed E-state index contributed by atoms with van der Waals surface area (Å²) in [6.45, 7) is 3.34. The summed E-state index contributed by atoms with van der Waals surface area (Å²) in [5.74, 6) is -0.993. The van der Waals surface area contributed by atoms with E-state index in [4.69, 9.17) is 5.11 Å². The van der Waals surface area contributed by atoms with Gasteiger partial charge in [0.25, 0.3) is 0 Å². The molecule has 0 unspecified atom stereocenters. The van der Waals surface area contributed by atoms with E-state index in [1.54, 1.807) is 33.3 Å². The SMILES string of the molecule is CN(C)C(=O)CNc1nc(C(C)(C)C(=O)O)cs1. The molecule has 1 amide bonds. The van der Waals surface area contributed by atoms with Crippen molar-refractivity contribution in [1.29, 1.82) is 0 Å². The molecular formula is C11H17N3O3S. The molecule has 1 aromatic rings. The van der Waals surface area contributed by atoms with Gasteiger partial charge in [0, 0.05) is 19.5 Å². The Morgan fingerprint density at radius 1 is 1.50 bits per heavy atom. The van der Waals surface area contributed by atoms with E-state index in [0.29, 0.717) is 10.8 Å². The topological polar surface area (TPSA) is 82.5 Å². The molecule has 0 saturated heterocycles. The van der Waals surface area contributed by atoms with Crippen molar-refractivity contribution in [1.82, 2.24) is 9.88 Å². The van der Waals surface area contributed by atoms with Gasteiger partial charge in [-0.15, -0.1) is 11.3 Å². The van der Waals surface area contributed by atoms with Crippen molar-refractivity contribution >= 4 is 28.3 Å². The number of aliphatic carboxylic acids is 1. The number of likely N-dealkylation sites (N-methyl/N-ethyl adjacent to an activating group) is 1. The normalized spacial score (nSPS) is 11.1. The minimum absolute atomic E-state index is 0.0655. The molecule has 1 rings (SSSR count). The second-order valence-electron chi connectivity index (χ2n) is 4.61. The fourth-order valence-corrected chi connectivity index (χ4v) is 1.94. The van der Waals surface area contributed by atoms with Gasteiger partial charge in [-0.3, -0.25) is 9.59 Å². The smallest absolute Gasteiger partial charge is 0.315 e. The van der Waals surface area contributed by atoms with Crippen LogP contribution in [0, 0.1) is 0 Å². The second kappa shape index (κ2) is 5.34. The Bertz CT molecular complexity index is 454. The zero-order chi connectivity index (χ0) is 13.9. The number of aromatic nitrogens is 1. The molecule has 100 valence electrons. The van der Waals surface area contributed by atoms with E-state index < -0.39 is 11.4 Å². The quantitative estimate of drug-likeness (QED) is 0.835.